The first-order valence-electron chi connectivity index (χ1n) is 4.78. The lowest BCUT2D eigenvalue weighted by Crippen LogP contribution is -1.96. The fraction of sp³-hybridized carbons (Fsp3) is 0.182. The van der Waals surface area contributed by atoms with Crippen molar-refractivity contribution in [1.29, 1.82) is 0 Å². The lowest BCUT2D eigenvalue weighted by molar-refractivity contribution is 0.470. The van der Waals surface area contributed by atoms with Gasteiger partial charge in [0, 0.05) is 18.7 Å². The number of anilines is 1. The minimum atomic E-state index is -0.408. The fourth-order valence-corrected chi connectivity index (χ4v) is 1.54. The Morgan fingerprint density at radius 1 is 1.38 bits per heavy atom. The van der Waals surface area contributed by atoms with Crippen molar-refractivity contribution in [2.45, 2.75) is 6.92 Å². The van der Waals surface area contributed by atoms with Crippen LogP contribution in [0.2, 0.25) is 0 Å². The molecule has 84 valence electrons. The summed E-state index contributed by atoms with van der Waals surface area (Å²) in [6.45, 7) is 1.63. The van der Waals surface area contributed by atoms with E-state index in [0.29, 0.717) is 22.6 Å². The number of halogens is 1. The van der Waals surface area contributed by atoms with Gasteiger partial charge in [0.2, 0.25) is 0 Å². The average molecular weight is 221 g/mol. The van der Waals surface area contributed by atoms with Crippen molar-refractivity contribution >= 4 is 5.82 Å². The van der Waals surface area contributed by atoms with Crippen molar-refractivity contribution in [1.82, 2.24) is 9.78 Å². The standard InChI is InChI=1S/C11H12FN3O/c1-6-3-7(12)4-8(11(6)16)9-5-10(13)15(2)14-9/h3-5,16H,13H2,1-2H3. The Morgan fingerprint density at radius 3 is 2.62 bits per heavy atom. The molecule has 1 aromatic carbocycles. The molecule has 2 rings (SSSR count). The predicted octanol–water partition coefficient (Wildman–Crippen LogP) is 1.82. The van der Waals surface area contributed by atoms with Crippen molar-refractivity contribution in [2.24, 2.45) is 7.05 Å². The van der Waals surface area contributed by atoms with Crippen molar-refractivity contribution in [3.63, 3.8) is 0 Å². The van der Waals surface area contributed by atoms with Gasteiger partial charge in [0.05, 0.1) is 5.69 Å². The van der Waals surface area contributed by atoms with Crippen LogP contribution in [-0.2, 0) is 7.05 Å². The molecule has 4 nitrogen and oxygen atoms in total. The fourth-order valence-electron chi connectivity index (χ4n) is 1.54. The summed E-state index contributed by atoms with van der Waals surface area (Å²) in [6.07, 6.45) is 0. The molecule has 0 fully saturated rings. The maximum atomic E-state index is 13.2. The van der Waals surface area contributed by atoms with Crippen LogP contribution in [0.4, 0.5) is 10.2 Å². The normalized spacial score (nSPS) is 10.7. The van der Waals surface area contributed by atoms with Gasteiger partial charge in [-0.3, -0.25) is 4.68 Å². The summed E-state index contributed by atoms with van der Waals surface area (Å²) < 4.78 is 14.7. The van der Waals surface area contributed by atoms with E-state index in [1.165, 1.54) is 16.8 Å². The molecule has 0 radical (unpaired) electrons. The molecule has 0 bridgehead atoms. The molecule has 0 aliphatic rings. The molecule has 0 aliphatic carbocycles. The summed E-state index contributed by atoms with van der Waals surface area (Å²) in [5, 5.41) is 13.9. The molecule has 3 N–H and O–H groups in total. The highest BCUT2D eigenvalue weighted by atomic mass is 19.1. The number of rotatable bonds is 1. The minimum absolute atomic E-state index is 0.0273. The van der Waals surface area contributed by atoms with Crippen LogP contribution >= 0.6 is 0 Å². The number of nitrogens with two attached hydrogens (primary N) is 1. The zero-order valence-corrected chi connectivity index (χ0v) is 9.03. The number of aryl methyl sites for hydroxylation is 2. The highest BCUT2D eigenvalue weighted by Gasteiger charge is 2.12. The topological polar surface area (TPSA) is 64.1 Å². The number of nitrogens with zero attached hydrogens (tertiary/aromatic N) is 2. The van der Waals surface area contributed by atoms with Crippen LogP contribution in [0.5, 0.6) is 5.75 Å². The molecule has 0 aliphatic heterocycles. The molecular weight excluding hydrogens is 209 g/mol. The SMILES string of the molecule is Cc1cc(F)cc(-c2cc(N)n(C)n2)c1O. The molecule has 0 unspecified atom stereocenters. The third-order valence-electron chi connectivity index (χ3n) is 2.46. The summed E-state index contributed by atoms with van der Waals surface area (Å²) in [5.41, 5.74) is 6.91. The van der Waals surface area contributed by atoms with Crippen LogP contribution < -0.4 is 5.73 Å². The van der Waals surface area contributed by atoms with Crippen molar-refractivity contribution < 1.29 is 9.50 Å². The lowest BCUT2D eigenvalue weighted by Gasteiger charge is -2.04. The van der Waals surface area contributed by atoms with Crippen LogP contribution in [0.1, 0.15) is 5.56 Å². The van der Waals surface area contributed by atoms with E-state index in [9.17, 15) is 9.50 Å². The van der Waals surface area contributed by atoms with Crippen LogP contribution in [0, 0.1) is 12.7 Å². The lowest BCUT2D eigenvalue weighted by atomic mass is 10.1. The molecule has 0 saturated carbocycles. The number of hydrogen-bond acceptors (Lipinski definition) is 3. The Balaban J connectivity index is 2.63. The smallest absolute Gasteiger partial charge is 0.128 e. The molecule has 0 amide bonds. The number of aromatic nitrogens is 2. The van der Waals surface area contributed by atoms with E-state index in [1.807, 2.05) is 0 Å². The summed E-state index contributed by atoms with van der Waals surface area (Å²) in [7, 11) is 1.68. The van der Waals surface area contributed by atoms with Gasteiger partial charge >= 0.3 is 0 Å². The van der Waals surface area contributed by atoms with Gasteiger partial charge in [0.15, 0.2) is 0 Å². The molecule has 1 aromatic heterocycles. The van der Waals surface area contributed by atoms with Crippen LogP contribution in [-0.4, -0.2) is 14.9 Å². The van der Waals surface area contributed by atoms with Crippen molar-refractivity contribution in [3.8, 4) is 17.0 Å². The van der Waals surface area contributed by atoms with Gasteiger partial charge in [-0.1, -0.05) is 0 Å². The molecule has 2 aromatic rings. The van der Waals surface area contributed by atoms with Crippen molar-refractivity contribution in [2.75, 3.05) is 5.73 Å². The Morgan fingerprint density at radius 2 is 2.06 bits per heavy atom. The number of benzene rings is 1. The van der Waals surface area contributed by atoms with E-state index in [2.05, 4.69) is 5.10 Å². The molecule has 0 spiro atoms. The Kier molecular flexibility index (Phi) is 2.30. The molecule has 0 saturated heterocycles. The highest BCUT2D eigenvalue weighted by molar-refractivity contribution is 5.70. The Bertz CT molecular complexity index is 529. The van der Waals surface area contributed by atoms with Crippen LogP contribution in [0.15, 0.2) is 18.2 Å². The predicted molar refractivity (Wildman–Crippen MR) is 59.4 cm³/mol. The average Bonchev–Trinajstić information content (AvgIpc) is 2.53. The van der Waals surface area contributed by atoms with Gasteiger partial charge in [0.25, 0.3) is 0 Å². The molecule has 1 heterocycles. The summed E-state index contributed by atoms with van der Waals surface area (Å²) in [4.78, 5) is 0. The number of nitrogen functional groups attached to an aromatic ring is 1. The monoisotopic (exact) mass is 221 g/mol. The maximum Gasteiger partial charge on any atom is 0.128 e. The van der Waals surface area contributed by atoms with E-state index >= 15 is 0 Å². The molecule has 16 heavy (non-hydrogen) atoms. The first kappa shape index (κ1) is 10.5. The zero-order chi connectivity index (χ0) is 11.9. The quantitative estimate of drug-likeness (QED) is 0.772. The summed E-state index contributed by atoms with van der Waals surface area (Å²) >= 11 is 0. The van der Waals surface area contributed by atoms with E-state index in [1.54, 1.807) is 20.0 Å². The van der Waals surface area contributed by atoms with Gasteiger partial charge in [-0.05, 0) is 24.6 Å². The van der Waals surface area contributed by atoms with Crippen molar-refractivity contribution in [3.05, 3.63) is 29.6 Å². The number of phenols is 1. The summed E-state index contributed by atoms with van der Waals surface area (Å²) in [6, 6.07) is 4.10. The van der Waals surface area contributed by atoms with E-state index in [-0.39, 0.29) is 5.75 Å². The largest absolute Gasteiger partial charge is 0.507 e. The van der Waals surface area contributed by atoms with Gasteiger partial charge in [-0.2, -0.15) is 5.10 Å². The first-order chi connectivity index (χ1) is 7.49. The third-order valence-corrected chi connectivity index (χ3v) is 2.46. The second kappa shape index (κ2) is 3.52. The third kappa shape index (κ3) is 1.60. The van der Waals surface area contributed by atoms with Gasteiger partial charge in [-0.25, -0.2) is 4.39 Å². The minimum Gasteiger partial charge on any atom is -0.507 e. The number of phenolic OH excluding ortho intramolecular Hbond substituents is 1. The van der Waals surface area contributed by atoms with Crippen LogP contribution in [0.3, 0.4) is 0 Å². The first-order valence-corrected chi connectivity index (χ1v) is 4.78. The van der Waals surface area contributed by atoms with Gasteiger partial charge in [0.1, 0.15) is 17.4 Å². The summed E-state index contributed by atoms with van der Waals surface area (Å²) in [5.74, 6) is 0.0744. The zero-order valence-electron chi connectivity index (χ0n) is 9.03. The second-order valence-corrected chi connectivity index (χ2v) is 3.70. The molecular formula is C11H12FN3O. The Hall–Kier alpha value is -2.04. The van der Waals surface area contributed by atoms with Gasteiger partial charge < -0.3 is 10.8 Å². The highest BCUT2D eigenvalue weighted by Crippen LogP contribution is 2.32. The maximum absolute atomic E-state index is 13.2. The number of hydrogen-bond donors (Lipinski definition) is 2. The van der Waals surface area contributed by atoms with Crippen LogP contribution in [0.25, 0.3) is 11.3 Å². The Labute approximate surface area is 92.1 Å². The van der Waals surface area contributed by atoms with E-state index in [0.717, 1.165) is 0 Å². The van der Waals surface area contributed by atoms with E-state index < -0.39 is 5.82 Å². The molecule has 5 heteroatoms. The number of aromatic hydroxyl groups is 1. The van der Waals surface area contributed by atoms with Gasteiger partial charge in [-0.15, -0.1) is 0 Å². The van der Waals surface area contributed by atoms with E-state index in [4.69, 9.17) is 5.73 Å². The molecule has 0 atom stereocenters. The second-order valence-electron chi connectivity index (χ2n) is 3.70.